The van der Waals surface area contributed by atoms with Crippen molar-refractivity contribution in [3.63, 3.8) is 0 Å². The van der Waals surface area contributed by atoms with Gasteiger partial charge in [0.1, 0.15) is 29.5 Å². The number of ether oxygens (including phenoxy) is 6. The molecule has 30 heteroatoms. The molecule has 3 aliphatic rings. The minimum absolute atomic E-state index is 0. The van der Waals surface area contributed by atoms with Crippen LogP contribution in [0, 0.1) is 23.7 Å². The number of quaternary nitrogens is 2. The Kier molecular flexibility index (Phi) is 46.0. The number of aromatic hydroxyl groups is 2. The number of carboxylic acids is 1. The van der Waals surface area contributed by atoms with Crippen molar-refractivity contribution < 1.29 is 116 Å². The van der Waals surface area contributed by atoms with Crippen molar-refractivity contribution in [1.82, 2.24) is 10.6 Å². The van der Waals surface area contributed by atoms with Gasteiger partial charge in [0.15, 0.2) is 23.6 Å². The number of benzene rings is 1. The molecule has 2 aliphatic heterocycles. The van der Waals surface area contributed by atoms with E-state index in [0.717, 1.165) is 6.08 Å². The van der Waals surface area contributed by atoms with E-state index in [1.807, 2.05) is 34.6 Å². The van der Waals surface area contributed by atoms with Crippen LogP contribution in [0.1, 0.15) is 134 Å². The molecule has 0 radical (unpaired) electrons. The third kappa shape index (κ3) is 30.5. The number of anilines is 1. The normalized spacial score (nSPS) is 26.6. The summed E-state index contributed by atoms with van der Waals surface area (Å²) in [7, 11) is 5.88. The standard InChI is InChI=1S/C31H45N3O8.C31H43N3O8.C6H12ClNO.C6H13NO2.2ClH/c2*1-8-12-33-26-21-13-17(2)14-25(41-7)27(36)19(4)15-20(5)29(42-31(32)39)24(40-6)11-9-10-18(3)30(38)34-22(28(21)37)16-23(26)35;1-3-6(8,4-2)5(7)9;1-3-6(7,4-2)5(8)9;;/h8-11,15-17,19,24-25,27,29,33,35-37H,1,12-14H2,2-7H3,(H2,32,39)(H,34,38);8-11,15-17,19,24-25,27,29,33,36H,1,12-14H2,2-7H3,(H2,32,39)(H,34,38);3-4,8H2,1-2H3;3-4,7H2,1-2H3,(H,8,9);2*1H/b2*11-9-,18-10+,20-15+;;;;/t2*17-,19+,24+,25+,27-,29+;;;;/m11..../s1. The zero-order chi connectivity index (χ0) is 78.1. The molecule has 0 saturated carbocycles. The molecule has 104 heavy (non-hydrogen) atoms. The van der Waals surface area contributed by atoms with Crippen LogP contribution < -0.4 is 61.7 Å². The monoisotopic (exact) mass is 1520 g/mol. The minimum atomic E-state index is -1.05. The molecule has 0 aromatic heterocycles. The summed E-state index contributed by atoms with van der Waals surface area (Å²) in [6, 6.07) is 1.31. The fourth-order valence-electron chi connectivity index (χ4n) is 11.1. The maximum Gasteiger partial charge on any atom is 0.405 e. The third-order valence-corrected chi connectivity index (χ3v) is 18.4. The number of halogens is 3. The van der Waals surface area contributed by atoms with Gasteiger partial charge in [0.05, 0.1) is 59.1 Å². The number of nitrogens with one attached hydrogen (secondary N) is 3. The highest BCUT2D eigenvalue weighted by Gasteiger charge is 2.36. The van der Waals surface area contributed by atoms with Crippen LogP contribution in [0.25, 0.3) is 0 Å². The van der Waals surface area contributed by atoms with Crippen LogP contribution in [0.15, 0.2) is 125 Å². The number of ketones is 2. The number of carboxylic acid groups (broad SMARTS) is 1. The van der Waals surface area contributed by atoms with Crippen LogP contribution in [-0.2, 0) is 63.6 Å². The number of phenolic OH excluding ortho intramolecular Hbond substituents is 2. The third-order valence-electron chi connectivity index (χ3n) is 18.0. The minimum Gasteiger partial charge on any atom is -1.00 e. The number of aliphatic hydroxyl groups excluding tert-OH is 2. The number of fused-ring (bicyclic) bond motifs is 4. The second-order valence-electron chi connectivity index (χ2n) is 25.8. The van der Waals surface area contributed by atoms with Crippen LogP contribution in [0.3, 0.4) is 0 Å². The van der Waals surface area contributed by atoms with Crippen LogP contribution in [-0.4, -0.2) is 169 Å². The van der Waals surface area contributed by atoms with Gasteiger partial charge in [-0.05, 0) is 107 Å². The van der Waals surface area contributed by atoms with Crippen molar-refractivity contribution in [2.75, 3.05) is 46.8 Å². The number of methoxy groups -OCH3 is 4. The number of phenols is 2. The molecule has 4 bridgehead atoms. The number of rotatable bonds is 18. The maximum atomic E-state index is 13.5. The molecular weight excluding hydrogens is 1410 g/mol. The van der Waals surface area contributed by atoms with Crippen molar-refractivity contribution >= 4 is 82.2 Å². The largest absolute Gasteiger partial charge is 1.00 e. The fourth-order valence-corrected chi connectivity index (χ4v) is 11.3. The number of primary amides is 2. The molecular formula is C74H115Cl3N8O19. The van der Waals surface area contributed by atoms with Crippen LogP contribution in [0.4, 0.5) is 21.0 Å². The highest BCUT2D eigenvalue weighted by atomic mass is 35.5. The number of nitrogens with two attached hydrogens (primary N) is 4. The number of hydrogen-bond donors (Lipinski definition) is 12. The zero-order valence-electron chi connectivity index (χ0n) is 62.9. The Morgan fingerprint density at radius 3 is 1.54 bits per heavy atom. The molecule has 1 aromatic carbocycles. The van der Waals surface area contributed by atoms with Crippen molar-refractivity contribution in [3.05, 3.63) is 131 Å². The molecule has 4 rings (SSSR count). The van der Waals surface area contributed by atoms with E-state index in [-0.39, 0.29) is 89.3 Å². The first-order chi connectivity index (χ1) is 47.8. The lowest BCUT2D eigenvalue weighted by atomic mass is 9.85. The van der Waals surface area contributed by atoms with Gasteiger partial charge in [0.25, 0.3) is 11.8 Å². The van der Waals surface area contributed by atoms with Crippen LogP contribution in [0.5, 0.6) is 11.5 Å². The number of amides is 4. The molecule has 0 unspecified atom stereocenters. The molecule has 1 aromatic rings. The Bertz CT molecular complexity index is 3290. The number of hydrogen-bond acceptors (Lipinski definition) is 21. The average Bonchev–Trinajstić information content (AvgIpc) is 0.803. The van der Waals surface area contributed by atoms with Gasteiger partial charge in [-0.2, -0.15) is 0 Å². The Hall–Kier alpha value is -7.51. The summed E-state index contributed by atoms with van der Waals surface area (Å²) in [5.74, 6) is -4.48. The van der Waals surface area contributed by atoms with E-state index in [0.29, 0.717) is 79.5 Å². The first kappa shape index (κ1) is 98.5. The first-order valence-electron chi connectivity index (χ1n) is 33.9. The zero-order valence-corrected chi connectivity index (χ0v) is 65.3. The number of Topliss-reactive ketones (excluding diaryl/α,β-unsaturated/α-hetero) is 1. The van der Waals surface area contributed by atoms with E-state index in [2.05, 4.69) is 34.8 Å². The van der Waals surface area contributed by atoms with Gasteiger partial charge in [-0.1, -0.05) is 117 Å². The quantitative estimate of drug-likeness (QED) is 0.0251. The molecule has 27 nitrogen and oxygen atoms in total. The number of aliphatic carboxylic acids is 1. The van der Waals surface area contributed by atoms with Gasteiger partial charge >= 0.3 is 12.2 Å². The SMILES string of the molecule is C=CCNC1=C2C[C@@H](C)C[C@H](OC)[C@H](O)[C@@H](C)/C=C(\C)[C@H](OC(N)=O)[C@@H](OC)/C=C\C=C(/C)C(=O)NC(=CC1=O)C2=O.C=CC[NH2+]c1c(O)cc2c(O)c1C[C@@H](C)C[C@H](OC)[C@H](O)[C@@H](C)/C=C(\C)[C@H](OC(N)=O)[C@@H](OC)/C=C\C=C(/C)C(=O)N2.CCC(N)(CC)C(=O)Cl.CCC([NH3+])(CC)C(=O)[O-].Cl.[Cl-]. The molecule has 0 spiro atoms. The summed E-state index contributed by atoms with van der Waals surface area (Å²) in [6.45, 7) is 29.5. The summed E-state index contributed by atoms with van der Waals surface area (Å²) >= 11 is 5.22. The Labute approximate surface area is 629 Å². The van der Waals surface area contributed by atoms with E-state index in [4.69, 9.17) is 57.2 Å². The van der Waals surface area contributed by atoms with Crippen molar-refractivity contribution in [3.8, 4) is 11.5 Å². The maximum absolute atomic E-state index is 13.5. The molecule has 4 amide bonds. The summed E-state index contributed by atoms with van der Waals surface area (Å²) in [5, 5.41) is 64.4. The summed E-state index contributed by atoms with van der Waals surface area (Å²) in [6.07, 6.45) is 12.4. The molecule has 586 valence electrons. The van der Waals surface area contributed by atoms with Crippen molar-refractivity contribution in [1.29, 1.82) is 0 Å². The van der Waals surface area contributed by atoms with E-state index in [9.17, 15) is 63.9 Å². The van der Waals surface area contributed by atoms with Crippen LogP contribution in [0.2, 0.25) is 0 Å². The first-order valence-corrected chi connectivity index (χ1v) is 34.2. The summed E-state index contributed by atoms with van der Waals surface area (Å²) < 4.78 is 33.2. The predicted molar refractivity (Wildman–Crippen MR) is 395 cm³/mol. The number of aliphatic hydroxyl groups is 2. The van der Waals surface area contributed by atoms with Gasteiger partial charge in [0.2, 0.25) is 16.8 Å². The Balaban J connectivity index is 0. The second kappa shape index (κ2) is 48.6. The van der Waals surface area contributed by atoms with E-state index in [1.54, 1.807) is 102 Å². The lowest BCUT2D eigenvalue weighted by Crippen LogP contribution is -3.00. The average molecular weight is 1530 g/mol. The van der Waals surface area contributed by atoms with Gasteiger partial charge < -0.3 is 115 Å². The highest BCUT2D eigenvalue weighted by molar-refractivity contribution is 6.65. The number of allylic oxidation sites excluding steroid dienone is 6. The smallest absolute Gasteiger partial charge is 0.405 e. The highest BCUT2D eigenvalue weighted by Crippen LogP contribution is 2.41. The molecule has 12 atom stereocenters. The van der Waals surface area contributed by atoms with Gasteiger partial charge in [0, 0.05) is 88.5 Å². The summed E-state index contributed by atoms with van der Waals surface area (Å²) in [4.78, 5) is 96.9. The van der Waals surface area contributed by atoms with E-state index < -0.39 is 119 Å². The van der Waals surface area contributed by atoms with E-state index >= 15 is 0 Å². The van der Waals surface area contributed by atoms with E-state index in [1.165, 1.54) is 46.7 Å². The molecule has 0 fully saturated rings. The molecule has 1 aliphatic carbocycles. The topological polar surface area (TPSA) is 454 Å². The van der Waals surface area contributed by atoms with Crippen LogP contribution >= 0.6 is 24.0 Å². The Morgan fingerprint density at radius 2 is 1.18 bits per heavy atom. The fraction of sp³-hybridized carbons (Fsp3) is 0.541. The predicted octanol–water partition coefficient (Wildman–Crippen LogP) is 2.71. The molecule has 0 saturated heterocycles. The van der Waals surface area contributed by atoms with Gasteiger partial charge in [-0.3, -0.25) is 24.0 Å². The Morgan fingerprint density at radius 1 is 0.740 bits per heavy atom. The molecule has 2 heterocycles. The number of carbonyl (C=O) groups is 8. The number of carbonyl (C=O) groups excluding carboxylic acids is 8. The second-order valence-corrected chi connectivity index (χ2v) is 26.1. The van der Waals surface area contributed by atoms with Crippen molar-refractivity contribution in [2.45, 2.75) is 194 Å². The lowest BCUT2D eigenvalue weighted by molar-refractivity contribution is -0.562. The molecule has 18 N–H and O–H groups in total. The van der Waals surface area contributed by atoms with Gasteiger partial charge in [-0.15, -0.1) is 19.0 Å². The van der Waals surface area contributed by atoms with Crippen molar-refractivity contribution in [2.24, 2.45) is 40.9 Å². The summed E-state index contributed by atoms with van der Waals surface area (Å²) in [5.41, 5.74) is 21.1. The lowest BCUT2D eigenvalue weighted by Gasteiger charge is -2.30. The van der Waals surface area contributed by atoms with Gasteiger partial charge in [-0.25, -0.2) is 9.59 Å².